The Labute approximate surface area is 124 Å². The number of nitrogens with one attached hydrogen (secondary N) is 1. The molecule has 0 fully saturated rings. The van der Waals surface area contributed by atoms with Gasteiger partial charge in [-0.05, 0) is 62.3 Å². The first kappa shape index (κ1) is 17.2. The van der Waals surface area contributed by atoms with E-state index in [0.29, 0.717) is 11.8 Å². The average molecular weight is 277 g/mol. The summed E-state index contributed by atoms with van der Waals surface area (Å²) in [5.41, 5.74) is 5.76. The molecule has 0 radical (unpaired) electrons. The number of hydrogen-bond acceptors (Lipinski definition) is 2. The number of ether oxygens (including phenoxy) is 1. The number of rotatable bonds is 8. The number of aryl methyl sites for hydroxylation is 3. The molecule has 0 bridgehead atoms. The summed E-state index contributed by atoms with van der Waals surface area (Å²) in [6.07, 6.45) is 1.16. The van der Waals surface area contributed by atoms with Crippen molar-refractivity contribution < 1.29 is 4.74 Å². The van der Waals surface area contributed by atoms with Gasteiger partial charge < -0.3 is 10.1 Å². The highest BCUT2D eigenvalue weighted by Crippen LogP contribution is 2.23. The van der Waals surface area contributed by atoms with E-state index in [1.54, 1.807) is 7.11 Å². The highest BCUT2D eigenvalue weighted by Gasteiger charge is 2.16. The summed E-state index contributed by atoms with van der Waals surface area (Å²) in [5, 5.41) is 3.51. The maximum absolute atomic E-state index is 5.09. The standard InChI is InChI=1S/C18H31NO/c1-13(2)17(12-19-7-8-20-6)11-18-15(4)9-14(3)10-16(18)5/h9-10,13,17,19H,7-8,11-12H2,1-6H3. The van der Waals surface area contributed by atoms with E-state index in [-0.39, 0.29) is 0 Å². The molecule has 0 amide bonds. The highest BCUT2D eigenvalue weighted by molar-refractivity contribution is 5.37. The second-order valence-corrected chi connectivity index (χ2v) is 6.28. The lowest BCUT2D eigenvalue weighted by Gasteiger charge is -2.24. The predicted octanol–water partition coefficient (Wildman–Crippen LogP) is 3.66. The van der Waals surface area contributed by atoms with Crippen LogP contribution in [0.3, 0.4) is 0 Å². The third kappa shape index (κ3) is 5.26. The molecule has 1 rings (SSSR count). The molecule has 2 heteroatoms. The predicted molar refractivity (Wildman–Crippen MR) is 87.4 cm³/mol. The summed E-state index contributed by atoms with van der Waals surface area (Å²) in [5.74, 6) is 1.36. The number of hydrogen-bond donors (Lipinski definition) is 1. The van der Waals surface area contributed by atoms with Crippen LogP contribution >= 0.6 is 0 Å². The molecule has 1 aromatic rings. The summed E-state index contributed by atoms with van der Waals surface area (Å²) >= 11 is 0. The van der Waals surface area contributed by atoms with Crippen LogP contribution in [-0.2, 0) is 11.2 Å². The molecule has 0 aliphatic rings. The third-order valence-electron chi connectivity index (χ3n) is 4.14. The molecule has 1 unspecified atom stereocenters. The van der Waals surface area contributed by atoms with Gasteiger partial charge in [0.15, 0.2) is 0 Å². The van der Waals surface area contributed by atoms with Crippen LogP contribution in [-0.4, -0.2) is 26.8 Å². The van der Waals surface area contributed by atoms with Crippen molar-refractivity contribution in [1.82, 2.24) is 5.32 Å². The fourth-order valence-corrected chi connectivity index (χ4v) is 2.80. The van der Waals surface area contributed by atoms with Crippen molar-refractivity contribution in [2.24, 2.45) is 11.8 Å². The quantitative estimate of drug-likeness (QED) is 0.732. The molecular weight excluding hydrogens is 246 g/mol. The highest BCUT2D eigenvalue weighted by atomic mass is 16.5. The average Bonchev–Trinajstić information content (AvgIpc) is 2.35. The summed E-state index contributed by atoms with van der Waals surface area (Å²) in [6, 6.07) is 4.61. The first-order chi connectivity index (χ1) is 9.45. The monoisotopic (exact) mass is 277 g/mol. The minimum atomic E-state index is 0.673. The van der Waals surface area contributed by atoms with Crippen LogP contribution in [0.5, 0.6) is 0 Å². The molecule has 0 aliphatic carbocycles. The van der Waals surface area contributed by atoms with E-state index >= 15 is 0 Å². The SMILES string of the molecule is COCCNCC(Cc1c(C)cc(C)cc1C)C(C)C. The zero-order valence-corrected chi connectivity index (χ0v) is 14.0. The van der Waals surface area contributed by atoms with Gasteiger partial charge in [-0.15, -0.1) is 0 Å². The Morgan fingerprint density at radius 2 is 1.70 bits per heavy atom. The lowest BCUT2D eigenvalue weighted by atomic mass is 9.85. The van der Waals surface area contributed by atoms with E-state index in [1.807, 2.05) is 0 Å². The Balaban J connectivity index is 2.70. The van der Waals surface area contributed by atoms with Crippen molar-refractivity contribution in [2.45, 2.75) is 41.0 Å². The van der Waals surface area contributed by atoms with E-state index in [2.05, 4.69) is 52.1 Å². The van der Waals surface area contributed by atoms with Gasteiger partial charge >= 0.3 is 0 Å². The van der Waals surface area contributed by atoms with Gasteiger partial charge in [-0.1, -0.05) is 31.5 Å². The van der Waals surface area contributed by atoms with Gasteiger partial charge in [-0.2, -0.15) is 0 Å². The molecule has 1 atom stereocenters. The van der Waals surface area contributed by atoms with Crippen LogP contribution in [0, 0.1) is 32.6 Å². The van der Waals surface area contributed by atoms with Crippen molar-refractivity contribution in [1.29, 1.82) is 0 Å². The molecule has 1 aromatic carbocycles. The first-order valence-corrected chi connectivity index (χ1v) is 7.72. The second-order valence-electron chi connectivity index (χ2n) is 6.28. The zero-order valence-electron chi connectivity index (χ0n) is 14.0. The van der Waals surface area contributed by atoms with Gasteiger partial charge in [0.1, 0.15) is 0 Å². The van der Waals surface area contributed by atoms with Crippen LogP contribution in [0.1, 0.15) is 36.1 Å². The number of benzene rings is 1. The normalized spacial score (nSPS) is 12.9. The van der Waals surface area contributed by atoms with Crippen molar-refractivity contribution >= 4 is 0 Å². The molecule has 0 saturated heterocycles. The van der Waals surface area contributed by atoms with Crippen molar-refractivity contribution in [3.63, 3.8) is 0 Å². The minimum absolute atomic E-state index is 0.673. The molecule has 1 N–H and O–H groups in total. The molecule has 114 valence electrons. The van der Waals surface area contributed by atoms with Crippen LogP contribution in [0.4, 0.5) is 0 Å². The molecule has 0 aliphatic heterocycles. The van der Waals surface area contributed by atoms with Crippen molar-refractivity contribution in [3.05, 3.63) is 34.4 Å². The lowest BCUT2D eigenvalue weighted by molar-refractivity contribution is 0.196. The molecule has 0 saturated carbocycles. The summed E-state index contributed by atoms with van der Waals surface area (Å²) in [6.45, 7) is 14.1. The smallest absolute Gasteiger partial charge is 0.0587 e. The Hall–Kier alpha value is -0.860. The Morgan fingerprint density at radius 1 is 1.10 bits per heavy atom. The maximum atomic E-state index is 5.09. The van der Waals surface area contributed by atoms with Gasteiger partial charge in [-0.25, -0.2) is 0 Å². The largest absolute Gasteiger partial charge is 0.383 e. The second kappa shape index (κ2) is 8.43. The van der Waals surface area contributed by atoms with Crippen LogP contribution < -0.4 is 5.32 Å². The lowest BCUT2D eigenvalue weighted by Crippen LogP contribution is -2.30. The molecule has 0 heterocycles. The third-order valence-corrected chi connectivity index (χ3v) is 4.14. The summed E-state index contributed by atoms with van der Waals surface area (Å²) in [7, 11) is 1.75. The van der Waals surface area contributed by atoms with Crippen LogP contribution in [0.25, 0.3) is 0 Å². The van der Waals surface area contributed by atoms with Gasteiger partial charge in [-0.3, -0.25) is 0 Å². The topological polar surface area (TPSA) is 21.3 Å². The Bertz CT molecular complexity index is 389. The first-order valence-electron chi connectivity index (χ1n) is 7.72. The fraction of sp³-hybridized carbons (Fsp3) is 0.667. The van der Waals surface area contributed by atoms with E-state index < -0.39 is 0 Å². The molecular formula is C18H31NO. The molecule has 20 heavy (non-hydrogen) atoms. The van der Waals surface area contributed by atoms with E-state index in [1.165, 1.54) is 22.3 Å². The zero-order chi connectivity index (χ0) is 15.1. The number of methoxy groups -OCH3 is 1. The van der Waals surface area contributed by atoms with Crippen molar-refractivity contribution in [2.75, 3.05) is 26.8 Å². The Morgan fingerprint density at radius 3 is 2.20 bits per heavy atom. The van der Waals surface area contributed by atoms with Gasteiger partial charge in [0, 0.05) is 13.7 Å². The van der Waals surface area contributed by atoms with Gasteiger partial charge in [0.2, 0.25) is 0 Å². The maximum Gasteiger partial charge on any atom is 0.0587 e. The van der Waals surface area contributed by atoms with Gasteiger partial charge in [0.25, 0.3) is 0 Å². The minimum Gasteiger partial charge on any atom is -0.383 e. The molecule has 0 aromatic heterocycles. The van der Waals surface area contributed by atoms with Crippen LogP contribution in [0.15, 0.2) is 12.1 Å². The van der Waals surface area contributed by atoms with E-state index in [0.717, 1.165) is 26.1 Å². The Kier molecular flexibility index (Phi) is 7.25. The molecule has 0 spiro atoms. The van der Waals surface area contributed by atoms with Gasteiger partial charge in [0.05, 0.1) is 6.61 Å². The van der Waals surface area contributed by atoms with Crippen molar-refractivity contribution in [3.8, 4) is 0 Å². The summed E-state index contributed by atoms with van der Waals surface area (Å²) in [4.78, 5) is 0. The van der Waals surface area contributed by atoms with E-state index in [9.17, 15) is 0 Å². The summed E-state index contributed by atoms with van der Waals surface area (Å²) < 4.78 is 5.09. The molecule has 2 nitrogen and oxygen atoms in total. The van der Waals surface area contributed by atoms with Crippen LogP contribution in [0.2, 0.25) is 0 Å². The fourth-order valence-electron chi connectivity index (χ4n) is 2.80. The van der Waals surface area contributed by atoms with E-state index in [4.69, 9.17) is 4.74 Å².